The van der Waals surface area contributed by atoms with Gasteiger partial charge in [0, 0.05) is 5.57 Å². The van der Waals surface area contributed by atoms with Crippen molar-refractivity contribution in [1.82, 2.24) is 0 Å². The number of carbonyl (C=O) groups excluding carboxylic acids is 2. The van der Waals surface area contributed by atoms with E-state index in [2.05, 4.69) is 0 Å². The number of carbonyl (C=O) groups is 2. The molecule has 0 aromatic carbocycles. The third-order valence-corrected chi connectivity index (χ3v) is 3.13. The summed E-state index contributed by atoms with van der Waals surface area (Å²) in [5.41, 5.74) is -0.782. The van der Waals surface area contributed by atoms with Crippen LogP contribution in [0.1, 0.15) is 0 Å². The summed E-state index contributed by atoms with van der Waals surface area (Å²) in [4.78, 5) is 20.6. The summed E-state index contributed by atoms with van der Waals surface area (Å²) in [6.07, 6.45) is 3.16. The number of hydrogen-bond donors (Lipinski definition) is 0. The fourth-order valence-electron chi connectivity index (χ4n) is 0.537. The van der Waals surface area contributed by atoms with E-state index in [9.17, 15) is 19.8 Å². The first-order valence-corrected chi connectivity index (χ1v) is 5.24. The number of carboxylic acid groups (broad SMARTS) is 2. The normalized spacial score (nSPS) is 9.17. The molecule has 0 rings (SSSR count). The summed E-state index contributed by atoms with van der Waals surface area (Å²) >= 11 is 2.07. The molecule has 0 bridgehead atoms. The Balaban J connectivity index is 5.03. The first-order chi connectivity index (χ1) is 5.54. The van der Waals surface area contributed by atoms with E-state index in [0.717, 1.165) is 23.5 Å². The first-order valence-electron chi connectivity index (χ1n) is 2.79. The van der Waals surface area contributed by atoms with Crippen molar-refractivity contribution >= 4 is 35.5 Å². The predicted octanol–water partition coefficient (Wildman–Crippen LogP) is -1.58. The maximum atomic E-state index is 10.3. The summed E-state index contributed by atoms with van der Waals surface area (Å²) in [6, 6.07) is 0. The van der Waals surface area contributed by atoms with Crippen molar-refractivity contribution in [2.45, 2.75) is 0 Å². The zero-order valence-electron chi connectivity index (χ0n) is 6.45. The lowest BCUT2D eigenvalue weighted by atomic mass is 10.3. The van der Waals surface area contributed by atoms with Crippen LogP contribution >= 0.6 is 23.5 Å². The quantitative estimate of drug-likeness (QED) is 0.314. The van der Waals surface area contributed by atoms with Crippen molar-refractivity contribution in [2.75, 3.05) is 12.5 Å². The third kappa shape index (κ3) is 2.78. The standard InChI is InChI=1S/C6H8O4S2/c1-11-6(12-2)3(4(7)8)5(9)10/h1-2H3,(H,7,8)(H,9,10)/p-2. The van der Waals surface area contributed by atoms with Crippen LogP contribution in [0.2, 0.25) is 0 Å². The van der Waals surface area contributed by atoms with E-state index in [-0.39, 0.29) is 4.24 Å². The van der Waals surface area contributed by atoms with Crippen molar-refractivity contribution in [2.24, 2.45) is 0 Å². The highest BCUT2D eigenvalue weighted by Gasteiger charge is 2.07. The molecule has 0 aromatic heterocycles. The second-order valence-electron chi connectivity index (χ2n) is 1.65. The topological polar surface area (TPSA) is 80.3 Å². The van der Waals surface area contributed by atoms with Gasteiger partial charge in [-0.2, -0.15) is 0 Å². The summed E-state index contributed by atoms with van der Waals surface area (Å²) in [5.74, 6) is -3.43. The Hall–Kier alpha value is -0.620. The highest BCUT2D eigenvalue weighted by Crippen LogP contribution is 2.26. The van der Waals surface area contributed by atoms with Crippen LogP contribution in [-0.2, 0) is 9.59 Å². The SMILES string of the molecule is CSC(SC)=C(C(=O)[O-])C(=O)[O-]. The molecule has 68 valence electrons. The van der Waals surface area contributed by atoms with E-state index in [0.29, 0.717) is 0 Å². The van der Waals surface area contributed by atoms with Crippen LogP contribution in [0.25, 0.3) is 0 Å². The molecule has 0 N–H and O–H groups in total. The molecule has 0 aliphatic heterocycles. The first kappa shape index (κ1) is 11.4. The molecule has 12 heavy (non-hydrogen) atoms. The zero-order chi connectivity index (χ0) is 9.72. The van der Waals surface area contributed by atoms with Crippen LogP contribution in [0, 0.1) is 0 Å². The van der Waals surface area contributed by atoms with E-state index >= 15 is 0 Å². The average Bonchev–Trinajstić information content (AvgIpc) is 1.98. The third-order valence-electron chi connectivity index (χ3n) is 0.983. The van der Waals surface area contributed by atoms with Crippen LogP contribution in [0.4, 0.5) is 0 Å². The van der Waals surface area contributed by atoms with Gasteiger partial charge in [-0.1, -0.05) is 0 Å². The van der Waals surface area contributed by atoms with Gasteiger partial charge in [-0.3, -0.25) is 0 Å². The Morgan fingerprint density at radius 1 is 1.00 bits per heavy atom. The lowest BCUT2D eigenvalue weighted by Gasteiger charge is -2.13. The van der Waals surface area contributed by atoms with E-state index in [1.165, 1.54) is 0 Å². The molecule has 6 heteroatoms. The molecule has 0 saturated heterocycles. The Morgan fingerprint density at radius 3 is 1.42 bits per heavy atom. The molecule has 0 saturated carbocycles. The van der Waals surface area contributed by atoms with Crippen LogP contribution in [0.5, 0.6) is 0 Å². The predicted molar refractivity (Wildman–Crippen MR) is 44.1 cm³/mol. The summed E-state index contributed by atoms with van der Waals surface area (Å²) in [7, 11) is 0. The number of rotatable bonds is 4. The fraction of sp³-hybridized carbons (Fsp3) is 0.333. The zero-order valence-corrected chi connectivity index (χ0v) is 8.08. The minimum absolute atomic E-state index is 0.176. The fourth-order valence-corrected chi connectivity index (χ4v) is 1.95. The number of carboxylic acids is 2. The maximum Gasteiger partial charge on any atom is 0.0750 e. The molecule has 0 atom stereocenters. The van der Waals surface area contributed by atoms with Crippen LogP contribution in [0.3, 0.4) is 0 Å². The largest absolute Gasteiger partial charge is 0.545 e. The molecule has 0 aromatic rings. The van der Waals surface area contributed by atoms with E-state index < -0.39 is 17.5 Å². The van der Waals surface area contributed by atoms with Crippen molar-refractivity contribution in [3.8, 4) is 0 Å². The minimum Gasteiger partial charge on any atom is -0.545 e. The number of thioether (sulfide) groups is 2. The Morgan fingerprint density at radius 2 is 1.33 bits per heavy atom. The Bertz CT molecular complexity index is 212. The van der Waals surface area contributed by atoms with Crippen LogP contribution in [0.15, 0.2) is 9.81 Å². The van der Waals surface area contributed by atoms with Crippen LogP contribution in [-0.4, -0.2) is 24.5 Å². The lowest BCUT2D eigenvalue weighted by molar-refractivity contribution is -0.312. The summed E-state index contributed by atoms with van der Waals surface area (Å²) in [6.45, 7) is 0. The van der Waals surface area contributed by atoms with Gasteiger partial charge < -0.3 is 19.8 Å². The van der Waals surface area contributed by atoms with Gasteiger partial charge in [0.05, 0.1) is 16.2 Å². The Kier molecular flexibility index (Phi) is 4.84. The smallest absolute Gasteiger partial charge is 0.0750 e. The van der Waals surface area contributed by atoms with E-state index in [1.807, 2.05) is 0 Å². The molecule has 0 amide bonds. The lowest BCUT2D eigenvalue weighted by Crippen LogP contribution is -2.36. The number of aliphatic carboxylic acids is 2. The van der Waals surface area contributed by atoms with Gasteiger partial charge >= 0.3 is 0 Å². The Labute approximate surface area is 78.0 Å². The van der Waals surface area contributed by atoms with Crippen molar-refractivity contribution < 1.29 is 19.8 Å². The van der Waals surface area contributed by atoms with Gasteiger partial charge in [0.25, 0.3) is 0 Å². The van der Waals surface area contributed by atoms with Gasteiger partial charge in [0.1, 0.15) is 0 Å². The molecule has 0 fully saturated rings. The molecule has 0 heterocycles. The molecule has 0 aliphatic rings. The second kappa shape index (κ2) is 5.10. The molecule has 4 nitrogen and oxygen atoms in total. The van der Waals surface area contributed by atoms with Crippen LogP contribution < -0.4 is 10.2 Å². The van der Waals surface area contributed by atoms with Gasteiger partial charge in [0.15, 0.2) is 0 Å². The minimum atomic E-state index is -1.71. The highest BCUT2D eigenvalue weighted by atomic mass is 32.2. The van der Waals surface area contributed by atoms with E-state index in [1.54, 1.807) is 12.5 Å². The van der Waals surface area contributed by atoms with Gasteiger partial charge in [-0.05, 0) is 12.5 Å². The molecule has 0 aliphatic carbocycles. The molecule has 0 radical (unpaired) electrons. The van der Waals surface area contributed by atoms with Gasteiger partial charge in [0.2, 0.25) is 0 Å². The highest BCUT2D eigenvalue weighted by molar-refractivity contribution is 8.21. The van der Waals surface area contributed by atoms with E-state index in [4.69, 9.17) is 0 Å². The second-order valence-corrected chi connectivity index (χ2v) is 3.54. The van der Waals surface area contributed by atoms with Gasteiger partial charge in [-0.25, -0.2) is 0 Å². The molecule has 0 unspecified atom stereocenters. The van der Waals surface area contributed by atoms with Crippen molar-refractivity contribution in [3.05, 3.63) is 9.81 Å². The average molecular weight is 206 g/mol. The van der Waals surface area contributed by atoms with Crippen molar-refractivity contribution in [3.63, 3.8) is 0 Å². The summed E-state index contributed by atoms with van der Waals surface area (Å²) in [5, 5.41) is 20.6. The van der Waals surface area contributed by atoms with Crippen molar-refractivity contribution in [1.29, 1.82) is 0 Å². The molecular weight excluding hydrogens is 200 g/mol. The monoisotopic (exact) mass is 206 g/mol. The summed E-state index contributed by atoms with van der Waals surface area (Å²) < 4.78 is 0.176. The number of hydrogen-bond acceptors (Lipinski definition) is 6. The van der Waals surface area contributed by atoms with Gasteiger partial charge in [-0.15, -0.1) is 23.5 Å². The molecule has 0 spiro atoms. The maximum absolute atomic E-state index is 10.3. The molecular formula is C6H6O4S2-2.